The summed E-state index contributed by atoms with van der Waals surface area (Å²) in [6, 6.07) is 0. The molecule has 0 spiro atoms. The number of aliphatic carboxylic acids is 1. The van der Waals surface area contributed by atoms with Crippen LogP contribution in [0.3, 0.4) is 0 Å². The molecule has 0 unspecified atom stereocenters. The molecule has 1 rings (SSSR count). The average Bonchev–Trinajstić information content (AvgIpc) is 2.76. The molecular formula is C9H15N3O5S. The second-order valence-corrected chi connectivity index (χ2v) is 5.24. The second-order valence-electron chi connectivity index (χ2n) is 3.47. The van der Waals surface area contributed by atoms with E-state index in [0.29, 0.717) is 0 Å². The van der Waals surface area contributed by atoms with E-state index in [9.17, 15) is 13.2 Å². The molecule has 0 aliphatic carbocycles. The molecule has 1 aromatic rings. The summed E-state index contributed by atoms with van der Waals surface area (Å²) in [5.74, 6) is -0.965. The Morgan fingerprint density at radius 3 is 2.94 bits per heavy atom. The predicted octanol–water partition coefficient (Wildman–Crippen LogP) is -0.717. The SMILES string of the molecule is COCCNS(=O)(=O)c1cnn(CCC(=O)O)c1. The van der Waals surface area contributed by atoms with Gasteiger partial charge in [-0.15, -0.1) is 0 Å². The van der Waals surface area contributed by atoms with Crippen LogP contribution in [-0.2, 0) is 26.1 Å². The Bertz CT molecular complexity index is 496. The minimum atomic E-state index is -3.61. The topological polar surface area (TPSA) is 111 Å². The summed E-state index contributed by atoms with van der Waals surface area (Å²) in [6.45, 7) is 0.564. The lowest BCUT2D eigenvalue weighted by atomic mass is 10.4. The number of rotatable bonds is 8. The summed E-state index contributed by atoms with van der Waals surface area (Å²) in [4.78, 5) is 10.4. The van der Waals surface area contributed by atoms with Crippen LogP contribution in [0.2, 0.25) is 0 Å². The normalized spacial score (nSPS) is 11.6. The van der Waals surface area contributed by atoms with Gasteiger partial charge < -0.3 is 9.84 Å². The van der Waals surface area contributed by atoms with E-state index in [1.165, 1.54) is 24.2 Å². The van der Waals surface area contributed by atoms with E-state index >= 15 is 0 Å². The highest BCUT2D eigenvalue weighted by Gasteiger charge is 2.15. The Labute approximate surface area is 105 Å². The molecule has 0 bridgehead atoms. The summed E-state index contributed by atoms with van der Waals surface area (Å²) in [5, 5.41) is 12.3. The van der Waals surface area contributed by atoms with Crippen LogP contribution in [0.15, 0.2) is 17.3 Å². The maximum absolute atomic E-state index is 11.7. The fourth-order valence-electron chi connectivity index (χ4n) is 1.18. The van der Waals surface area contributed by atoms with E-state index in [2.05, 4.69) is 9.82 Å². The molecule has 0 aliphatic rings. The summed E-state index contributed by atoms with van der Waals surface area (Å²) in [5.41, 5.74) is 0. The molecule has 0 fully saturated rings. The van der Waals surface area contributed by atoms with Crippen LogP contribution in [0, 0.1) is 0 Å². The number of carboxylic acids is 1. The number of ether oxygens (including phenoxy) is 1. The van der Waals surface area contributed by atoms with Gasteiger partial charge in [-0.1, -0.05) is 0 Å². The van der Waals surface area contributed by atoms with E-state index in [1.54, 1.807) is 0 Å². The first-order valence-electron chi connectivity index (χ1n) is 5.18. The van der Waals surface area contributed by atoms with Gasteiger partial charge in [0.2, 0.25) is 10.0 Å². The van der Waals surface area contributed by atoms with E-state index in [0.717, 1.165) is 0 Å². The lowest BCUT2D eigenvalue weighted by Crippen LogP contribution is -2.26. The highest BCUT2D eigenvalue weighted by atomic mass is 32.2. The first kappa shape index (κ1) is 14.6. The molecule has 0 aromatic carbocycles. The third-order valence-corrected chi connectivity index (χ3v) is 3.49. The van der Waals surface area contributed by atoms with Gasteiger partial charge in [0.1, 0.15) is 4.90 Å². The van der Waals surface area contributed by atoms with Crippen molar-refractivity contribution < 1.29 is 23.1 Å². The molecule has 18 heavy (non-hydrogen) atoms. The third-order valence-electron chi connectivity index (χ3n) is 2.07. The van der Waals surface area contributed by atoms with Crippen molar-refractivity contribution >= 4 is 16.0 Å². The molecule has 1 aromatic heterocycles. The number of methoxy groups -OCH3 is 1. The van der Waals surface area contributed by atoms with E-state index in [-0.39, 0.29) is 31.0 Å². The van der Waals surface area contributed by atoms with E-state index in [4.69, 9.17) is 9.84 Å². The molecule has 0 amide bonds. The lowest BCUT2D eigenvalue weighted by molar-refractivity contribution is -0.137. The number of hydrogen-bond donors (Lipinski definition) is 2. The molecule has 0 radical (unpaired) electrons. The first-order chi connectivity index (χ1) is 8.45. The standard InChI is InChI=1S/C9H15N3O5S/c1-17-5-3-11-18(15,16)8-6-10-12(7-8)4-2-9(13)14/h6-7,11H,2-5H2,1H3,(H,13,14). The number of aromatic nitrogens is 2. The van der Waals surface area contributed by atoms with Crippen LogP contribution in [0.1, 0.15) is 6.42 Å². The minimum absolute atomic E-state index is 0.00370. The summed E-state index contributed by atoms with van der Waals surface area (Å²) in [7, 11) is -2.14. The number of nitrogens with one attached hydrogen (secondary N) is 1. The van der Waals surface area contributed by atoms with Crippen molar-refractivity contribution in [2.24, 2.45) is 0 Å². The van der Waals surface area contributed by atoms with Crippen LogP contribution >= 0.6 is 0 Å². The van der Waals surface area contributed by atoms with Gasteiger partial charge in [0.05, 0.1) is 25.8 Å². The van der Waals surface area contributed by atoms with Gasteiger partial charge in [-0.25, -0.2) is 13.1 Å². The fraction of sp³-hybridized carbons (Fsp3) is 0.556. The second kappa shape index (κ2) is 6.47. The number of carboxylic acid groups (broad SMARTS) is 1. The Morgan fingerprint density at radius 2 is 2.33 bits per heavy atom. The van der Waals surface area contributed by atoms with Gasteiger partial charge >= 0.3 is 5.97 Å². The van der Waals surface area contributed by atoms with E-state index < -0.39 is 16.0 Å². The van der Waals surface area contributed by atoms with Crippen molar-refractivity contribution in [2.45, 2.75) is 17.9 Å². The summed E-state index contributed by atoms with van der Waals surface area (Å²) in [6.07, 6.45) is 2.35. The molecule has 0 saturated carbocycles. The van der Waals surface area contributed by atoms with Crippen molar-refractivity contribution in [1.82, 2.24) is 14.5 Å². The van der Waals surface area contributed by atoms with Gasteiger partial charge in [-0.3, -0.25) is 9.48 Å². The predicted molar refractivity (Wildman–Crippen MR) is 61.5 cm³/mol. The minimum Gasteiger partial charge on any atom is -0.481 e. The molecule has 9 heteroatoms. The van der Waals surface area contributed by atoms with Crippen molar-refractivity contribution in [3.05, 3.63) is 12.4 Å². The number of sulfonamides is 1. The smallest absolute Gasteiger partial charge is 0.305 e. The quantitative estimate of drug-likeness (QED) is 0.607. The maximum Gasteiger partial charge on any atom is 0.305 e. The van der Waals surface area contributed by atoms with Crippen molar-refractivity contribution in [3.63, 3.8) is 0 Å². The number of nitrogens with zero attached hydrogens (tertiary/aromatic N) is 2. The molecular weight excluding hydrogens is 262 g/mol. The summed E-state index contributed by atoms with van der Waals surface area (Å²) >= 11 is 0. The zero-order chi connectivity index (χ0) is 13.6. The molecule has 1 heterocycles. The Hall–Kier alpha value is -1.45. The monoisotopic (exact) mass is 277 g/mol. The zero-order valence-corrected chi connectivity index (χ0v) is 10.7. The highest BCUT2D eigenvalue weighted by molar-refractivity contribution is 7.89. The van der Waals surface area contributed by atoms with E-state index in [1.807, 2.05) is 0 Å². The maximum atomic E-state index is 11.7. The molecule has 102 valence electrons. The van der Waals surface area contributed by atoms with Gasteiger partial charge in [0.25, 0.3) is 0 Å². The average molecular weight is 277 g/mol. The van der Waals surface area contributed by atoms with Crippen LogP contribution in [0.25, 0.3) is 0 Å². The van der Waals surface area contributed by atoms with Crippen molar-refractivity contribution in [2.75, 3.05) is 20.3 Å². The number of hydrogen-bond acceptors (Lipinski definition) is 5. The fourth-order valence-corrected chi connectivity index (χ4v) is 2.14. The number of carbonyl (C=O) groups is 1. The lowest BCUT2D eigenvalue weighted by Gasteiger charge is -2.03. The van der Waals surface area contributed by atoms with Crippen molar-refractivity contribution in [3.8, 4) is 0 Å². The highest BCUT2D eigenvalue weighted by Crippen LogP contribution is 2.06. The molecule has 2 N–H and O–H groups in total. The third kappa shape index (κ3) is 4.43. The van der Waals surface area contributed by atoms with Crippen molar-refractivity contribution in [1.29, 1.82) is 0 Å². The molecule has 0 saturated heterocycles. The van der Waals surface area contributed by atoms with Gasteiger partial charge in [0, 0.05) is 19.9 Å². The Kier molecular flexibility index (Phi) is 5.25. The van der Waals surface area contributed by atoms with Gasteiger partial charge in [-0.05, 0) is 0 Å². The van der Waals surface area contributed by atoms with Crippen LogP contribution < -0.4 is 4.72 Å². The Balaban J connectivity index is 2.63. The van der Waals surface area contributed by atoms with Crippen LogP contribution in [-0.4, -0.2) is 49.5 Å². The summed E-state index contributed by atoms with van der Waals surface area (Å²) < 4.78 is 31.8. The molecule has 0 atom stereocenters. The number of aryl methyl sites for hydroxylation is 1. The largest absolute Gasteiger partial charge is 0.481 e. The van der Waals surface area contributed by atoms with Gasteiger partial charge in [0.15, 0.2) is 0 Å². The molecule has 0 aliphatic heterocycles. The zero-order valence-electron chi connectivity index (χ0n) is 9.87. The molecule has 8 nitrogen and oxygen atoms in total. The van der Waals surface area contributed by atoms with Crippen LogP contribution in [0.4, 0.5) is 0 Å². The Morgan fingerprint density at radius 1 is 1.61 bits per heavy atom. The van der Waals surface area contributed by atoms with Crippen LogP contribution in [0.5, 0.6) is 0 Å². The van der Waals surface area contributed by atoms with Gasteiger partial charge in [-0.2, -0.15) is 5.10 Å². The first-order valence-corrected chi connectivity index (χ1v) is 6.67.